The zero-order valence-corrected chi connectivity index (χ0v) is 18.9. The van der Waals surface area contributed by atoms with E-state index in [9.17, 15) is 14.9 Å². The zero-order valence-electron chi connectivity index (χ0n) is 18.9. The van der Waals surface area contributed by atoms with Gasteiger partial charge in [-0.2, -0.15) is 5.26 Å². The van der Waals surface area contributed by atoms with Gasteiger partial charge in [0.15, 0.2) is 0 Å². The highest BCUT2D eigenvalue weighted by Crippen LogP contribution is 2.21. The third-order valence-electron chi connectivity index (χ3n) is 4.97. The molecule has 0 aliphatic heterocycles. The van der Waals surface area contributed by atoms with E-state index in [1.807, 2.05) is 56.3 Å². The summed E-state index contributed by atoms with van der Waals surface area (Å²) in [6, 6.07) is 12.6. The molecular weight excluding hydrogens is 390 g/mol. The Bertz CT molecular complexity index is 981. The van der Waals surface area contributed by atoms with Gasteiger partial charge in [0.25, 0.3) is 5.91 Å². The zero-order chi connectivity index (χ0) is 23.0. The van der Waals surface area contributed by atoms with Crippen LogP contribution in [0.3, 0.4) is 0 Å². The predicted molar refractivity (Wildman–Crippen MR) is 121 cm³/mol. The first kappa shape index (κ1) is 23.9. The minimum atomic E-state index is -0.593. The van der Waals surface area contributed by atoms with Gasteiger partial charge in [0.1, 0.15) is 11.6 Å². The van der Waals surface area contributed by atoms with Gasteiger partial charge in [-0.15, -0.1) is 0 Å². The number of hydrogen-bond acceptors (Lipinski definition) is 4. The lowest BCUT2D eigenvalue weighted by Crippen LogP contribution is -2.31. The van der Waals surface area contributed by atoms with Gasteiger partial charge in [0.2, 0.25) is 0 Å². The number of carbonyl (C=O) groups excluding carboxylic acids is 2. The van der Waals surface area contributed by atoms with Crippen LogP contribution >= 0.6 is 0 Å². The summed E-state index contributed by atoms with van der Waals surface area (Å²) in [7, 11) is 0. The van der Waals surface area contributed by atoms with Crippen LogP contribution in [-0.2, 0) is 20.9 Å². The van der Waals surface area contributed by atoms with Gasteiger partial charge in [0.05, 0.1) is 18.6 Å². The van der Waals surface area contributed by atoms with Crippen molar-refractivity contribution in [1.82, 2.24) is 9.88 Å². The molecule has 1 heterocycles. The highest BCUT2D eigenvalue weighted by atomic mass is 16.5. The van der Waals surface area contributed by atoms with Crippen molar-refractivity contribution in [1.29, 1.82) is 5.26 Å². The Hall–Kier alpha value is -3.33. The first-order chi connectivity index (χ1) is 14.8. The van der Waals surface area contributed by atoms with E-state index in [2.05, 4.69) is 16.8 Å². The van der Waals surface area contributed by atoms with Gasteiger partial charge >= 0.3 is 5.97 Å². The molecule has 1 aromatic heterocycles. The van der Waals surface area contributed by atoms with Crippen LogP contribution < -0.4 is 5.32 Å². The largest absolute Gasteiger partial charge is 0.463 e. The Labute approximate surface area is 184 Å². The van der Waals surface area contributed by atoms with Crippen LogP contribution in [0.15, 0.2) is 42.0 Å². The number of rotatable bonds is 9. The van der Waals surface area contributed by atoms with Crippen molar-refractivity contribution in [2.45, 2.75) is 66.2 Å². The van der Waals surface area contributed by atoms with E-state index < -0.39 is 17.9 Å². The molecule has 1 unspecified atom stereocenters. The van der Waals surface area contributed by atoms with Crippen LogP contribution in [0, 0.1) is 25.2 Å². The molecule has 1 aromatic carbocycles. The number of benzene rings is 1. The van der Waals surface area contributed by atoms with E-state index >= 15 is 0 Å². The minimum Gasteiger partial charge on any atom is -0.463 e. The fourth-order valence-corrected chi connectivity index (χ4v) is 3.50. The second kappa shape index (κ2) is 11.2. The van der Waals surface area contributed by atoms with Gasteiger partial charge in [-0.05, 0) is 57.4 Å². The van der Waals surface area contributed by atoms with Crippen LogP contribution in [0.25, 0.3) is 6.08 Å². The predicted octanol–water partition coefficient (Wildman–Crippen LogP) is 4.62. The average Bonchev–Trinajstić information content (AvgIpc) is 2.99. The Balaban J connectivity index is 2.28. The average molecular weight is 422 g/mol. The molecule has 164 valence electrons. The number of esters is 1. The normalized spacial score (nSPS) is 12.4. The highest BCUT2D eigenvalue weighted by molar-refractivity contribution is 6.02. The maximum absolute atomic E-state index is 12.9. The van der Waals surface area contributed by atoms with Crippen molar-refractivity contribution in [3.8, 4) is 6.07 Å². The first-order valence-corrected chi connectivity index (χ1v) is 10.6. The lowest BCUT2D eigenvalue weighted by atomic mass is 10.0. The number of amides is 1. The van der Waals surface area contributed by atoms with E-state index in [4.69, 9.17) is 4.74 Å². The van der Waals surface area contributed by atoms with Crippen LogP contribution in [0.4, 0.5) is 0 Å². The first-order valence-electron chi connectivity index (χ1n) is 10.6. The molecule has 0 aliphatic rings. The van der Waals surface area contributed by atoms with Crippen molar-refractivity contribution in [2.75, 3.05) is 0 Å². The quantitative estimate of drug-likeness (QED) is 0.364. The summed E-state index contributed by atoms with van der Waals surface area (Å²) in [6.07, 6.45) is 2.35. The Morgan fingerprint density at radius 3 is 2.48 bits per heavy atom. The smallest absolute Gasteiger partial charge is 0.308 e. The molecule has 1 atom stereocenters. The van der Waals surface area contributed by atoms with E-state index in [-0.39, 0.29) is 18.1 Å². The van der Waals surface area contributed by atoms with Crippen molar-refractivity contribution < 1.29 is 14.3 Å². The van der Waals surface area contributed by atoms with Crippen LogP contribution in [0.1, 0.15) is 62.2 Å². The molecule has 1 N–H and O–H groups in total. The van der Waals surface area contributed by atoms with Gasteiger partial charge in [-0.25, -0.2) is 0 Å². The fourth-order valence-electron chi connectivity index (χ4n) is 3.50. The summed E-state index contributed by atoms with van der Waals surface area (Å²) in [5, 5.41) is 12.5. The van der Waals surface area contributed by atoms with Crippen molar-refractivity contribution >= 4 is 18.0 Å². The van der Waals surface area contributed by atoms with E-state index in [1.165, 1.54) is 0 Å². The summed E-state index contributed by atoms with van der Waals surface area (Å²) in [5.74, 6) is -0.927. The molecule has 0 bridgehead atoms. The molecule has 0 spiro atoms. The number of carbonyl (C=O) groups is 2. The molecule has 0 radical (unpaired) electrons. The molecular formula is C25H31N3O3. The maximum atomic E-state index is 12.9. The van der Waals surface area contributed by atoms with Gasteiger partial charge < -0.3 is 14.6 Å². The summed E-state index contributed by atoms with van der Waals surface area (Å²) in [6.45, 7) is 10.5. The van der Waals surface area contributed by atoms with Crippen LogP contribution in [0.5, 0.6) is 0 Å². The molecule has 0 fully saturated rings. The second-order valence-corrected chi connectivity index (χ2v) is 7.83. The van der Waals surface area contributed by atoms with Gasteiger partial charge in [-0.1, -0.05) is 37.3 Å². The number of aryl methyl sites for hydroxylation is 1. The number of nitrogens with one attached hydrogen (secondary N) is 1. The minimum absolute atomic E-state index is 0.00472. The van der Waals surface area contributed by atoms with Crippen LogP contribution in [-0.4, -0.2) is 22.5 Å². The molecule has 1 amide bonds. The number of aromatic nitrogens is 1. The number of hydrogen-bond donors (Lipinski definition) is 1. The third kappa shape index (κ3) is 6.58. The topological polar surface area (TPSA) is 84.1 Å². The Morgan fingerprint density at radius 2 is 1.90 bits per heavy atom. The van der Waals surface area contributed by atoms with E-state index in [0.717, 1.165) is 35.5 Å². The standard InChI is InChI=1S/C25H31N3O3/c1-6-12-28-18(4)13-21(19(28)5)14-22(16-26)25(30)27-23(15-24(29)31-17(2)3)20-10-8-7-9-11-20/h7-11,13-14,17,23H,6,12,15H2,1-5H3,(H,27,30)/b22-14+. The highest BCUT2D eigenvalue weighted by Gasteiger charge is 2.22. The molecule has 0 saturated heterocycles. The van der Waals surface area contributed by atoms with Crippen molar-refractivity contribution in [3.05, 3.63) is 64.5 Å². The van der Waals surface area contributed by atoms with Crippen molar-refractivity contribution in [2.24, 2.45) is 0 Å². The molecule has 0 aliphatic carbocycles. The SMILES string of the molecule is CCCn1c(C)cc(/C=C(\C#N)C(=O)NC(CC(=O)OC(C)C)c2ccccc2)c1C. The lowest BCUT2D eigenvalue weighted by Gasteiger charge is -2.19. The molecule has 0 saturated carbocycles. The number of nitrogens with zero attached hydrogens (tertiary/aromatic N) is 2. The third-order valence-corrected chi connectivity index (χ3v) is 4.97. The molecule has 2 aromatic rings. The van der Waals surface area contributed by atoms with Crippen LogP contribution in [0.2, 0.25) is 0 Å². The summed E-state index contributed by atoms with van der Waals surface area (Å²) < 4.78 is 7.42. The Kier molecular flexibility index (Phi) is 8.63. The monoisotopic (exact) mass is 421 g/mol. The Morgan fingerprint density at radius 1 is 1.23 bits per heavy atom. The maximum Gasteiger partial charge on any atom is 0.308 e. The van der Waals surface area contributed by atoms with Gasteiger partial charge in [0, 0.05) is 17.9 Å². The van der Waals surface area contributed by atoms with E-state index in [1.54, 1.807) is 19.9 Å². The number of nitriles is 1. The number of ether oxygens (including phenoxy) is 1. The summed E-state index contributed by atoms with van der Waals surface area (Å²) >= 11 is 0. The molecule has 2 rings (SSSR count). The molecule has 31 heavy (non-hydrogen) atoms. The van der Waals surface area contributed by atoms with Crippen molar-refractivity contribution in [3.63, 3.8) is 0 Å². The fraction of sp³-hybridized carbons (Fsp3) is 0.400. The molecule has 6 nitrogen and oxygen atoms in total. The van der Waals surface area contributed by atoms with E-state index in [0.29, 0.717) is 0 Å². The second-order valence-electron chi connectivity index (χ2n) is 7.83. The lowest BCUT2D eigenvalue weighted by molar-refractivity contribution is -0.148. The molecule has 6 heteroatoms. The summed E-state index contributed by atoms with van der Waals surface area (Å²) in [5.41, 5.74) is 3.71. The van der Waals surface area contributed by atoms with Gasteiger partial charge in [-0.3, -0.25) is 9.59 Å². The summed E-state index contributed by atoms with van der Waals surface area (Å²) in [4.78, 5) is 25.2.